The van der Waals surface area contributed by atoms with Crippen LogP contribution in [0.5, 0.6) is 0 Å². The lowest BCUT2D eigenvalue weighted by Gasteiger charge is -2.24. The van der Waals surface area contributed by atoms with Crippen molar-refractivity contribution in [3.8, 4) is 0 Å². The number of likely N-dealkylation sites (N-methyl/N-ethyl adjacent to an activating group) is 1. The monoisotopic (exact) mass is 289 g/mol. The number of nitrogens with one attached hydrogen (secondary N) is 1. The number of nitrogens with zero attached hydrogens (tertiary/aromatic N) is 4. The highest BCUT2D eigenvalue weighted by Gasteiger charge is 2.34. The first-order valence-electron chi connectivity index (χ1n) is 7.99. The predicted octanol–water partition coefficient (Wildman–Crippen LogP) is 2.09. The van der Waals surface area contributed by atoms with E-state index in [4.69, 9.17) is 9.97 Å². The summed E-state index contributed by atoms with van der Waals surface area (Å²) < 4.78 is 0. The molecule has 21 heavy (non-hydrogen) atoms. The standard InChI is InChI=1S/C16H27N5/c1-10-8-21(9-13(10)20(4)5)16-11(2)14(17-3)18-15(19-16)12-6-7-12/h10,12-13H,6-9H2,1-5H3,(H,17,18,19). The molecule has 0 radical (unpaired) electrons. The molecule has 2 unspecified atom stereocenters. The van der Waals surface area contributed by atoms with E-state index in [-0.39, 0.29) is 0 Å². The van der Waals surface area contributed by atoms with Gasteiger partial charge in [-0.25, -0.2) is 9.97 Å². The molecule has 1 N–H and O–H groups in total. The van der Waals surface area contributed by atoms with Crippen molar-refractivity contribution in [2.45, 2.75) is 38.6 Å². The number of aromatic nitrogens is 2. The Morgan fingerprint density at radius 3 is 2.43 bits per heavy atom. The van der Waals surface area contributed by atoms with Gasteiger partial charge in [-0.3, -0.25) is 0 Å². The van der Waals surface area contributed by atoms with Crippen LogP contribution in [0, 0.1) is 12.8 Å². The van der Waals surface area contributed by atoms with Crippen LogP contribution in [0.2, 0.25) is 0 Å². The second-order valence-electron chi connectivity index (χ2n) is 6.82. The van der Waals surface area contributed by atoms with Gasteiger partial charge in [-0.15, -0.1) is 0 Å². The Hall–Kier alpha value is -1.36. The molecule has 1 aliphatic heterocycles. The molecule has 0 amide bonds. The largest absolute Gasteiger partial charge is 0.373 e. The van der Waals surface area contributed by atoms with Crippen molar-refractivity contribution in [2.24, 2.45) is 5.92 Å². The normalized spacial score (nSPS) is 25.7. The smallest absolute Gasteiger partial charge is 0.137 e. The van der Waals surface area contributed by atoms with Crippen LogP contribution in [0.25, 0.3) is 0 Å². The Labute approximate surface area is 127 Å². The second kappa shape index (κ2) is 5.44. The van der Waals surface area contributed by atoms with Gasteiger partial charge in [0.1, 0.15) is 17.5 Å². The highest BCUT2D eigenvalue weighted by molar-refractivity contribution is 5.59. The van der Waals surface area contributed by atoms with Gasteiger partial charge in [0.05, 0.1) is 0 Å². The van der Waals surface area contributed by atoms with Crippen molar-refractivity contribution in [3.63, 3.8) is 0 Å². The van der Waals surface area contributed by atoms with Gasteiger partial charge >= 0.3 is 0 Å². The second-order valence-corrected chi connectivity index (χ2v) is 6.82. The molecule has 2 aliphatic rings. The zero-order valence-corrected chi connectivity index (χ0v) is 13.8. The Balaban J connectivity index is 1.92. The molecule has 0 spiro atoms. The molecule has 2 atom stereocenters. The molecule has 1 aromatic heterocycles. The summed E-state index contributed by atoms with van der Waals surface area (Å²) in [5, 5.41) is 3.24. The molecule has 116 valence electrons. The minimum absolute atomic E-state index is 0.584. The van der Waals surface area contributed by atoms with Gasteiger partial charge in [0.25, 0.3) is 0 Å². The SMILES string of the molecule is CNc1nc(C2CC2)nc(N2CC(C)C(N(C)C)C2)c1C. The lowest BCUT2D eigenvalue weighted by Crippen LogP contribution is -2.34. The fraction of sp³-hybridized carbons (Fsp3) is 0.750. The molecule has 0 bridgehead atoms. The Kier molecular flexibility index (Phi) is 3.78. The van der Waals surface area contributed by atoms with E-state index in [2.05, 4.69) is 43.1 Å². The van der Waals surface area contributed by atoms with E-state index in [1.54, 1.807) is 0 Å². The predicted molar refractivity (Wildman–Crippen MR) is 87.1 cm³/mol. The van der Waals surface area contributed by atoms with Gasteiger partial charge in [0.2, 0.25) is 0 Å². The molecule has 5 nitrogen and oxygen atoms in total. The van der Waals surface area contributed by atoms with Crippen LogP contribution in [0.4, 0.5) is 11.6 Å². The van der Waals surface area contributed by atoms with E-state index in [0.29, 0.717) is 17.9 Å². The van der Waals surface area contributed by atoms with Crippen LogP contribution in [-0.2, 0) is 0 Å². The summed E-state index contributed by atoms with van der Waals surface area (Å²) in [6.45, 7) is 6.60. The minimum atomic E-state index is 0.584. The van der Waals surface area contributed by atoms with E-state index in [9.17, 15) is 0 Å². The maximum Gasteiger partial charge on any atom is 0.137 e. The third-order valence-corrected chi connectivity index (χ3v) is 4.85. The lowest BCUT2D eigenvalue weighted by molar-refractivity contribution is 0.266. The van der Waals surface area contributed by atoms with Crippen molar-refractivity contribution in [2.75, 3.05) is 44.4 Å². The summed E-state index contributed by atoms with van der Waals surface area (Å²) in [5.74, 6) is 4.40. The number of hydrogen-bond donors (Lipinski definition) is 1. The van der Waals surface area contributed by atoms with Gasteiger partial charge in [0, 0.05) is 37.7 Å². The third kappa shape index (κ3) is 2.71. The molecule has 2 fully saturated rings. The molecular weight excluding hydrogens is 262 g/mol. The average Bonchev–Trinajstić information content (AvgIpc) is 3.21. The molecule has 3 rings (SSSR count). The fourth-order valence-corrected chi connectivity index (χ4v) is 3.39. The summed E-state index contributed by atoms with van der Waals surface area (Å²) in [7, 11) is 6.29. The molecule has 1 saturated carbocycles. The van der Waals surface area contributed by atoms with E-state index in [1.807, 2.05) is 7.05 Å². The molecule has 2 heterocycles. The maximum absolute atomic E-state index is 4.91. The number of anilines is 2. The van der Waals surface area contributed by atoms with Crippen LogP contribution in [0.1, 0.15) is 37.1 Å². The van der Waals surface area contributed by atoms with Crippen molar-refractivity contribution in [1.29, 1.82) is 0 Å². The maximum atomic E-state index is 4.91. The van der Waals surface area contributed by atoms with E-state index in [0.717, 1.165) is 30.5 Å². The summed E-state index contributed by atoms with van der Waals surface area (Å²) in [6, 6.07) is 0.599. The third-order valence-electron chi connectivity index (χ3n) is 4.85. The van der Waals surface area contributed by atoms with Crippen LogP contribution in [0.15, 0.2) is 0 Å². The molecule has 1 saturated heterocycles. The van der Waals surface area contributed by atoms with Crippen LogP contribution in [-0.4, -0.2) is 55.1 Å². The van der Waals surface area contributed by atoms with Crippen molar-refractivity contribution in [1.82, 2.24) is 14.9 Å². The van der Waals surface area contributed by atoms with Crippen LogP contribution >= 0.6 is 0 Å². The Morgan fingerprint density at radius 1 is 1.19 bits per heavy atom. The van der Waals surface area contributed by atoms with E-state index >= 15 is 0 Å². The van der Waals surface area contributed by atoms with Gasteiger partial charge in [0.15, 0.2) is 0 Å². The zero-order valence-electron chi connectivity index (χ0n) is 13.8. The van der Waals surface area contributed by atoms with Gasteiger partial charge in [-0.1, -0.05) is 6.92 Å². The number of rotatable bonds is 4. The topological polar surface area (TPSA) is 44.3 Å². The summed E-state index contributed by atoms with van der Waals surface area (Å²) in [4.78, 5) is 14.4. The minimum Gasteiger partial charge on any atom is -0.373 e. The lowest BCUT2D eigenvalue weighted by atomic mass is 10.1. The highest BCUT2D eigenvalue weighted by atomic mass is 15.3. The first kappa shape index (κ1) is 14.6. The molecule has 1 aromatic rings. The highest BCUT2D eigenvalue weighted by Crippen LogP contribution is 2.40. The Bertz CT molecular complexity index is 524. The first-order chi connectivity index (χ1) is 10.0. The fourth-order valence-electron chi connectivity index (χ4n) is 3.39. The summed E-state index contributed by atoms with van der Waals surface area (Å²) in [5.41, 5.74) is 1.17. The Morgan fingerprint density at radius 2 is 1.90 bits per heavy atom. The first-order valence-corrected chi connectivity index (χ1v) is 7.99. The molecule has 1 aliphatic carbocycles. The number of hydrogen-bond acceptors (Lipinski definition) is 5. The van der Waals surface area contributed by atoms with Crippen molar-refractivity contribution >= 4 is 11.6 Å². The van der Waals surface area contributed by atoms with Crippen molar-refractivity contribution < 1.29 is 0 Å². The quantitative estimate of drug-likeness (QED) is 0.919. The van der Waals surface area contributed by atoms with E-state index in [1.165, 1.54) is 18.4 Å². The summed E-state index contributed by atoms with van der Waals surface area (Å²) in [6.07, 6.45) is 2.48. The van der Waals surface area contributed by atoms with Crippen LogP contribution < -0.4 is 10.2 Å². The zero-order chi connectivity index (χ0) is 15.1. The summed E-state index contributed by atoms with van der Waals surface area (Å²) >= 11 is 0. The van der Waals surface area contributed by atoms with Gasteiger partial charge < -0.3 is 15.1 Å². The average molecular weight is 289 g/mol. The van der Waals surface area contributed by atoms with Gasteiger partial charge in [-0.05, 0) is 39.8 Å². The van der Waals surface area contributed by atoms with E-state index < -0.39 is 0 Å². The molecular formula is C16H27N5. The van der Waals surface area contributed by atoms with Gasteiger partial charge in [-0.2, -0.15) is 0 Å². The molecule has 5 heteroatoms. The molecule has 0 aromatic carbocycles. The van der Waals surface area contributed by atoms with Crippen LogP contribution in [0.3, 0.4) is 0 Å². The van der Waals surface area contributed by atoms with Crippen molar-refractivity contribution in [3.05, 3.63) is 11.4 Å².